The fraction of sp³-hybridized carbons (Fsp3) is 0. The summed E-state index contributed by atoms with van der Waals surface area (Å²) < 4.78 is 8.25. The third kappa shape index (κ3) is 1.40. The minimum absolute atomic E-state index is 0.686. The van der Waals surface area contributed by atoms with E-state index < -0.39 is 0 Å². The molecule has 1 nitrogen and oxygen atoms in total. The highest BCUT2D eigenvalue weighted by Crippen LogP contribution is 2.41. The van der Waals surface area contributed by atoms with E-state index in [1.54, 1.807) is 11.3 Å². The minimum atomic E-state index is 0.686. The Bertz CT molecular complexity index is 904. The molecular formula is C14H6Cl2OS. The van der Waals surface area contributed by atoms with Crippen LogP contribution in [0.2, 0.25) is 10.0 Å². The van der Waals surface area contributed by atoms with Gasteiger partial charge in [0.1, 0.15) is 5.58 Å². The van der Waals surface area contributed by atoms with Gasteiger partial charge in [-0.25, -0.2) is 0 Å². The molecule has 0 atom stereocenters. The first kappa shape index (κ1) is 10.7. The van der Waals surface area contributed by atoms with E-state index in [0.29, 0.717) is 5.02 Å². The van der Waals surface area contributed by atoms with Gasteiger partial charge in [0, 0.05) is 31.6 Å². The molecule has 0 aliphatic carbocycles. The summed E-state index contributed by atoms with van der Waals surface area (Å²) in [6.07, 6.45) is 0. The number of halogens is 2. The maximum absolute atomic E-state index is 6.04. The van der Waals surface area contributed by atoms with Crippen molar-refractivity contribution >= 4 is 65.9 Å². The predicted molar refractivity (Wildman–Crippen MR) is 79.1 cm³/mol. The van der Waals surface area contributed by atoms with E-state index in [2.05, 4.69) is 0 Å². The number of hydrogen-bond acceptors (Lipinski definition) is 2. The maximum Gasteiger partial charge on any atom is 0.154 e. The van der Waals surface area contributed by atoms with Gasteiger partial charge in [-0.3, -0.25) is 0 Å². The van der Waals surface area contributed by atoms with E-state index in [1.165, 1.54) is 4.70 Å². The first-order valence-corrected chi connectivity index (χ1v) is 6.99. The molecule has 18 heavy (non-hydrogen) atoms. The lowest BCUT2D eigenvalue weighted by Gasteiger charge is -1.91. The summed E-state index contributed by atoms with van der Waals surface area (Å²) in [7, 11) is 0. The molecule has 0 bridgehead atoms. The fourth-order valence-electron chi connectivity index (χ4n) is 2.20. The number of furan rings is 1. The smallest absolute Gasteiger partial charge is 0.154 e. The lowest BCUT2D eigenvalue weighted by Crippen LogP contribution is -1.65. The lowest BCUT2D eigenvalue weighted by molar-refractivity contribution is 0.673. The number of hydrogen-bond donors (Lipinski definition) is 0. The molecule has 4 aromatic rings. The zero-order chi connectivity index (χ0) is 12.3. The molecule has 4 heteroatoms. The Labute approximate surface area is 117 Å². The molecular weight excluding hydrogens is 287 g/mol. The van der Waals surface area contributed by atoms with E-state index >= 15 is 0 Å². The SMILES string of the molecule is Clc1ccc2c(c1)oc1c3cc(Cl)ccc3sc21. The van der Waals surface area contributed by atoms with E-state index in [4.69, 9.17) is 27.6 Å². The van der Waals surface area contributed by atoms with E-state index in [9.17, 15) is 0 Å². The van der Waals surface area contributed by atoms with Crippen molar-refractivity contribution in [1.29, 1.82) is 0 Å². The van der Waals surface area contributed by atoms with E-state index in [1.807, 2.05) is 36.4 Å². The number of rotatable bonds is 0. The minimum Gasteiger partial charge on any atom is -0.454 e. The molecule has 0 aliphatic rings. The van der Waals surface area contributed by atoms with Crippen LogP contribution in [0.4, 0.5) is 0 Å². The van der Waals surface area contributed by atoms with Crippen LogP contribution in [-0.4, -0.2) is 0 Å². The molecule has 0 fully saturated rings. The summed E-state index contributed by atoms with van der Waals surface area (Å²) in [5, 5.41) is 3.58. The van der Waals surface area contributed by atoms with Gasteiger partial charge in [-0.05, 0) is 30.3 Å². The molecule has 0 saturated carbocycles. The van der Waals surface area contributed by atoms with Crippen LogP contribution >= 0.6 is 34.5 Å². The number of fused-ring (bicyclic) bond motifs is 5. The van der Waals surface area contributed by atoms with E-state index in [0.717, 1.165) is 31.7 Å². The van der Waals surface area contributed by atoms with Gasteiger partial charge < -0.3 is 4.42 Å². The number of benzene rings is 2. The third-order valence-electron chi connectivity index (χ3n) is 3.00. The molecule has 0 N–H and O–H groups in total. The molecule has 4 rings (SSSR count). The highest BCUT2D eigenvalue weighted by Gasteiger charge is 2.13. The van der Waals surface area contributed by atoms with Crippen LogP contribution in [0.15, 0.2) is 40.8 Å². The van der Waals surface area contributed by atoms with E-state index in [-0.39, 0.29) is 0 Å². The van der Waals surface area contributed by atoms with Crippen molar-refractivity contribution in [3.05, 3.63) is 46.4 Å². The predicted octanol–water partition coefficient (Wildman–Crippen LogP) is 6.11. The first-order chi connectivity index (χ1) is 8.72. The maximum atomic E-state index is 6.04. The second-order valence-electron chi connectivity index (χ2n) is 4.14. The number of thiophene rings is 1. The summed E-state index contributed by atoms with van der Waals surface area (Å²) in [5.41, 5.74) is 1.72. The van der Waals surface area contributed by atoms with Crippen LogP contribution in [0.3, 0.4) is 0 Å². The van der Waals surface area contributed by atoms with Gasteiger partial charge in [-0.1, -0.05) is 23.2 Å². The average molecular weight is 293 g/mol. The molecule has 0 amide bonds. The molecule has 2 heterocycles. The molecule has 2 aromatic heterocycles. The van der Waals surface area contributed by atoms with Crippen LogP contribution in [0.1, 0.15) is 0 Å². The Balaban J connectivity index is 2.25. The summed E-state index contributed by atoms with van der Waals surface area (Å²) in [5.74, 6) is 0. The van der Waals surface area contributed by atoms with Crippen LogP contribution in [0, 0.1) is 0 Å². The molecule has 0 unspecified atom stereocenters. The topological polar surface area (TPSA) is 13.1 Å². The summed E-state index contributed by atoms with van der Waals surface area (Å²) in [4.78, 5) is 0. The Kier molecular flexibility index (Phi) is 2.16. The lowest BCUT2D eigenvalue weighted by atomic mass is 10.2. The van der Waals surface area contributed by atoms with Crippen LogP contribution in [-0.2, 0) is 0 Å². The van der Waals surface area contributed by atoms with Gasteiger partial charge in [0.15, 0.2) is 5.58 Å². The Morgan fingerprint density at radius 1 is 0.889 bits per heavy atom. The highest BCUT2D eigenvalue weighted by molar-refractivity contribution is 7.26. The fourth-order valence-corrected chi connectivity index (χ4v) is 3.68. The quantitative estimate of drug-likeness (QED) is 0.381. The zero-order valence-electron chi connectivity index (χ0n) is 9.04. The van der Waals surface area contributed by atoms with Crippen LogP contribution in [0.25, 0.3) is 31.3 Å². The Hall–Kier alpha value is -1.22. The van der Waals surface area contributed by atoms with Gasteiger partial charge in [0.05, 0.1) is 4.70 Å². The molecule has 2 aromatic carbocycles. The van der Waals surface area contributed by atoms with Crippen molar-refractivity contribution in [3.63, 3.8) is 0 Å². The third-order valence-corrected chi connectivity index (χ3v) is 4.66. The van der Waals surface area contributed by atoms with Crippen molar-refractivity contribution in [3.8, 4) is 0 Å². The van der Waals surface area contributed by atoms with Gasteiger partial charge in [-0.15, -0.1) is 11.3 Å². The summed E-state index contributed by atoms with van der Waals surface area (Å²) >= 11 is 13.7. The second kappa shape index (κ2) is 3.64. The Morgan fingerprint density at radius 2 is 1.67 bits per heavy atom. The zero-order valence-corrected chi connectivity index (χ0v) is 11.4. The van der Waals surface area contributed by atoms with Crippen molar-refractivity contribution < 1.29 is 4.42 Å². The van der Waals surface area contributed by atoms with Gasteiger partial charge in [-0.2, -0.15) is 0 Å². The van der Waals surface area contributed by atoms with Crippen molar-refractivity contribution in [2.75, 3.05) is 0 Å². The second-order valence-corrected chi connectivity index (χ2v) is 6.07. The normalized spacial score (nSPS) is 11.9. The monoisotopic (exact) mass is 292 g/mol. The van der Waals surface area contributed by atoms with Gasteiger partial charge in [0.2, 0.25) is 0 Å². The molecule has 0 spiro atoms. The van der Waals surface area contributed by atoms with Crippen molar-refractivity contribution in [1.82, 2.24) is 0 Å². The van der Waals surface area contributed by atoms with Crippen molar-refractivity contribution in [2.45, 2.75) is 0 Å². The van der Waals surface area contributed by atoms with Gasteiger partial charge >= 0.3 is 0 Å². The first-order valence-electron chi connectivity index (χ1n) is 5.42. The van der Waals surface area contributed by atoms with Gasteiger partial charge in [0.25, 0.3) is 0 Å². The molecule has 0 radical (unpaired) electrons. The molecule has 88 valence electrons. The van der Waals surface area contributed by atoms with Crippen LogP contribution < -0.4 is 0 Å². The average Bonchev–Trinajstić information content (AvgIpc) is 2.84. The standard InChI is InChI=1S/C14H6Cl2OS/c15-7-2-4-12-10(5-7)13-14(18-12)9-3-1-8(16)6-11(9)17-13/h1-6H. The van der Waals surface area contributed by atoms with Crippen molar-refractivity contribution in [2.24, 2.45) is 0 Å². The molecule has 0 saturated heterocycles. The Morgan fingerprint density at radius 3 is 2.56 bits per heavy atom. The summed E-state index contributed by atoms with van der Waals surface area (Å²) in [6.45, 7) is 0. The highest BCUT2D eigenvalue weighted by atomic mass is 35.5. The largest absolute Gasteiger partial charge is 0.454 e. The van der Waals surface area contributed by atoms with Crippen LogP contribution in [0.5, 0.6) is 0 Å². The summed E-state index contributed by atoms with van der Waals surface area (Å²) in [6, 6.07) is 11.6. The molecule has 0 aliphatic heterocycles.